The molecule has 1 heterocycles. The number of para-hydroxylation sites is 1. The van der Waals surface area contributed by atoms with Crippen molar-refractivity contribution in [3.05, 3.63) is 42.1 Å². The highest BCUT2D eigenvalue weighted by atomic mass is 16.2. The molecule has 7 heteroatoms. The zero-order valence-electron chi connectivity index (χ0n) is 13.6. The summed E-state index contributed by atoms with van der Waals surface area (Å²) in [4.78, 5) is 23.5. The Morgan fingerprint density at radius 3 is 2.67 bits per heavy atom. The van der Waals surface area contributed by atoms with Crippen LogP contribution < -0.4 is 16.0 Å². The van der Waals surface area contributed by atoms with Crippen LogP contribution >= 0.6 is 0 Å². The molecule has 1 aliphatic rings. The SMILES string of the molecule is Cc1ccccc1-n1nccc1NC(=O)NCCNC(=O)C1CC1. The van der Waals surface area contributed by atoms with Crippen molar-refractivity contribution >= 4 is 17.8 Å². The second kappa shape index (κ2) is 7.16. The van der Waals surface area contributed by atoms with Crippen LogP contribution in [0.4, 0.5) is 10.6 Å². The number of aryl methyl sites for hydroxylation is 1. The fraction of sp³-hybridized carbons (Fsp3) is 0.353. The molecule has 7 nitrogen and oxygen atoms in total. The summed E-state index contributed by atoms with van der Waals surface area (Å²) in [5.41, 5.74) is 1.97. The third-order valence-corrected chi connectivity index (χ3v) is 3.89. The van der Waals surface area contributed by atoms with Crippen LogP contribution in [0.5, 0.6) is 0 Å². The highest BCUT2D eigenvalue weighted by Gasteiger charge is 2.28. The van der Waals surface area contributed by atoms with Gasteiger partial charge >= 0.3 is 6.03 Å². The van der Waals surface area contributed by atoms with Crippen LogP contribution in [0.3, 0.4) is 0 Å². The van der Waals surface area contributed by atoms with Gasteiger partial charge in [0.2, 0.25) is 5.91 Å². The molecule has 2 aromatic rings. The van der Waals surface area contributed by atoms with E-state index in [2.05, 4.69) is 21.0 Å². The summed E-state index contributed by atoms with van der Waals surface area (Å²) in [6, 6.07) is 9.23. The highest BCUT2D eigenvalue weighted by molar-refractivity contribution is 5.88. The van der Waals surface area contributed by atoms with Gasteiger partial charge in [-0.1, -0.05) is 18.2 Å². The van der Waals surface area contributed by atoms with Gasteiger partial charge in [0.15, 0.2) is 0 Å². The van der Waals surface area contributed by atoms with Crippen LogP contribution in [0.2, 0.25) is 0 Å². The first-order valence-corrected chi connectivity index (χ1v) is 8.08. The Bertz CT molecular complexity index is 736. The lowest BCUT2D eigenvalue weighted by Crippen LogP contribution is -2.37. The van der Waals surface area contributed by atoms with Crippen LogP contribution in [0.1, 0.15) is 18.4 Å². The molecule has 0 unspecified atom stereocenters. The van der Waals surface area contributed by atoms with Crippen molar-refractivity contribution in [3.63, 3.8) is 0 Å². The normalized spacial score (nSPS) is 13.4. The minimum Gasteiger partial charge on any atom is -0.354 e. The average molecular weight is 327 g/mol. The number of nitrogens with zero attached hydrogens (tertiary/aromatic N) is 2. The van der Waals surface area contributed by atoms with E-state index >= 15 is 0 Å². The number of aromatic nitrogens is 2. The van der Waals surface area contributed by atoms with Crippen molar-refractivity contribution in [1.82, 2.24) is 20.4 Å². The first-order chi connectivity index (χ1) is 11.6. The van der Waals surface area contributed by atoms with Gasteiger partial charge in [0.1, 0.15) is 5.82 Å². The fourth-order valence-electron chi connectivity index (χ4n) is 2.40. The molecule has 1 aromatic carbocycles. The van der Waals surface area contributed by atoms with Crippen molar-refractivity contribution in [2.75, 3.05) is 18.4 Å². The number of nitrogens with one attached hydrogen (secondary N) is 3. The summed E-state index contributed by atoms with van der Waals surface area (Å²) < 4.78 is 1.68. The molecule has 0 atom stereocenters. The quantitative estimate of drug-likeness (QED) is 0.707. The van der Waals surface area contributed by atoms with Crippen molar-refractivity contribution in [1.29, 1.82) is 0 Å². The summed E-state index contributed by atoms with van der Waals surface area (Å²) >= 11 is 0. The van der Waals surface area contributed by atoms with Crippen LogP contribution in [0, 0.1) is 12.8 Å². The summed E-state index contributed by atoms with van der Waals surface area (Å²) in [5, 5.41) is 12.6. The third-order valence-electron chi connectivity index (χ3n) is 3.89. The van der Waals surface area contributed by atoms with E-state index in [-0.39, 0.29) is 17.9 Å². The number of urea groups is 1. The number of hydrogen-bond acceptors (Lipinski definition) is 3. The van der Waals surface area contributed by atoms with Gasteiger partial charge < -0.3 is 10.6 Å². The van der Waals surface area contributed by atoms with Crippen molar-refractivity contribution in [2.24, 2.45) is 5.92 Å². The van der Waals surface area contributed by atoms with Gasteiger partial charge in [-0.25, -0.2) is 9.48 Å². The predicted octanol–water partition coefficient (Wildman–Crippen LogP) is 1.83. The third kappa shape index (κ3) is 3.92. The maximum Gasteiger partial charge on any atom is 0.320 e. The zero-order chi connectivity index (χ0) is 16.9. The van der Waals surface area contributed by atoms with Crippen LogP contribution in [0.15, 0.2) is 36.5 Å². The summed E-state index contributed by atoms with van der Waals surface area (Å²) in [5.74, 6) is 0.848. The first kappa shape index (κ1) is 16.0. The minimum absolute atomic E-state index is 0.0786. The maximum atomic E-state index is 12.0. The second-order valence-electron chi connectivity index (χ2n) is 5.86. The second-order valence-corrected chi connectivity index (χ2v) is 5.86. The summed E-state index contributed by atoms with van der Waals surface area (Å²) in [6.07, 6.45) is 3.59. The molecule has 3 rings (SSSR count). The van der Waals surface area contributed by atoms with E-state index in [9.17, 15) is 9.59 Å². The molecule has 3 N–H and O–H groups in total. The van der Waals surface area contributed by atoms with Gasteiger partial charge in [-0.05, 0) is 31.4 Å². The lowest BCUT2D eigenvalue weighted by atomic mass is 10.2. The van der Waals surface area contributed by atoms with Crippen molar-refractivity contribution in [2.45, 2.75) is 19.8 Å². The Kier molecular flexibility index (Phi) is 4.79. The van der Waals surface area contributed by atoms with Gasteiger partial charge in [-0.15, -0.1) is 0 Å². The number of hydrogen-bond donors (Lipinski definition) is 3. The van der Waals surface area contributed by atoms with E-state index in [4.69, 9.17) is 0 Å². The molecule has 1 aromatic heterocycles. The molecule has 1 aliphatic carbocycles. The molecule has 0 saturated heterocycles. The molecule has 0 bridgehead atoms. The number of rotatable bonds is 6. The van der Waals surface area contributed by atoms with Gasteiger partial charge in [-0.2, -0.15) is 5.10 Å². The summed E-state index contributed by atoms with van der Waals surface area (Å²) in [7, 11) is 0. The maximum absolute atomic E-state index is 12.0. The number of carbonyl (C=O) groups is 2. The Morgan fingerprint density at radius 1 is 1.17 bits per heavy atom. The Morgan fingerprint density at radius 2 is 1.92 bits per heavy atom. The van der Waals surface area contributed by atoms with Gasteiger partial charge in [0, 0.05) is 25.1 Å². The molecule has 3 amide bonds. The topological polar surface area (TPSA) is 88.1 Å². The number of amides is 3. The Hall–Kier alpha value is -2.83. The minimum atomic E-state index is -0.328. The van der Waals surface area contributed by atoms with E-state index in [1.807, 2.05) is 31.2 Å². The predicted molar refractivity (Wildman–Crippen MR) is 91.1 cm³/mol. The average Bonchev–Trinajstić information content (AvgIpc) is 3.33. The van der Waals surface area contributed by atoms with Crippen LogP contribution in [-0.2, 0) is 4.79 Å². The number of anilines is 1. The molecule has 0 radical (unpaired) electrons. The standard InChI is InChI=1S/C17H21N5O2/c1-12-4-2-3-5-14(12)22-15(8-9-20-22)21-17(24)19-11-10-18-16(23)13-6-7-13/h2-5,8-9,13H,6-7,10-11H2,1H3,(H,18,23)(H2,19,21,24). The molecular formula is C17H21N5O2. The van der Waals surface area contributed by atoms with E-state index < -0.39 is 0 Å². The molecule has 24 heavy (non-hydrogen) atoms. The lowest BCUT2D eigenvalue weighted by molar-refractivity contribution is -0.122. The molecule has 0 aliphatic heterocycles. The van der Waals surface area contributed by atoms with Crippen LogP contribution in [0.25, 0.3) is 5.69 Å². The van der Waals surface area contributed by atoms with Crippen molar-refractivity contribution in [3.8, 4) is 5.69 Å². The molecular weight excluding hydrogens is 306 g/mol. The summed E-state index contributed by atoms with van der Waals surface area (Å²) in [6.45, 7) is 2.80. The number of benzene rings is 1. The number of carbonyl (C=O) groups excluding carboxylic acids is 2. The van der Waals surface area contributed by atoms with E-state index in [1.165, 1.54) is 0 Å². The van der Waals surface area contributed by atoms with Crippen molar-refractivity contribution < 1.29 is 9.59 Å². The molecule has 1 saturated carbocycles. The fourth-order valence-corrected chi connectivity index (χ4v) is 2.40. The Balaban J connectivity index is 1.51. The van der Waals surface area contributed by atoms with Gasteiger partial charge in [-0.3, -0.25) is 10.1 Å². The monoisotopic (exact) mass is 327 g/mol. The highest BCUT2D eigenvalue weighted by Crippen LogP contribution is 2.28. The van der Waals surface area contributed by atoms with E-state index in [1.54, 1.807) is 16.9 Å². The molecule has 126 valence electrons. The van der Waals surface area contributed by atoms with Crippen LogP contribution in [-0.4, -0.2) is 34.8 Å². The zero-order valence-corrected chi connectivity index (χ0v) is 13.6. The lowest BCUT2D eigenvalue weighted by Gasteiger charge is -2.12. The molecule has 0 spiro atoms. The van der Waals surface area contributed by atoms with E-state index in [0.29, 0.717) is 18.9 Å². The van der Waals surface area contributed by atoms with Gasteiger partial charge in [0.05, 0.1) is 11.9 Å². The largest absolute Gasteiger partial charge is 0.354 e. The Labute approximate surface area is 140 Å². The first-order valence-electron chi connectivity index (χ1n) is 8.08. The van der Waals surface area contributed by atoms with Gasteiger partial charge in [0.25, 0.3) is 0 Å². The molecule has 1 fully saturated rings. The smallest absolute Gasteiger partial charge is 0.320 e. The van der Waals surface area contributed by atoms with E-state index in [0.717, 1.165) is 24.1 Å².